The van der Waals surface area contributed by atoms with Crippen LogP contribution in [0.5, 0.6) is 5.75 Å². The third-order valence-electron chi connectivity index (χ3n) is 4.72. The molecule has 0 saturated carbocycles. The third kappa shape index (κ3) is 5.66. The van der Waals surface area contributed by atoms with Crippen LogP contribution in [0.1, 0.15) is 18.1 Å². The Kier molecular flexibility index (Phi) is 7.03. The first-order valence-electron chi connectivity index (χ1n) is 9.18. The lowest BCUT2D eigenvalue weighted by molar-refractivity contribution is -0.384. The molecule has 8 nitrogen and oxygen atoms in total. The van der Waals surface area contributed by atoms with E-state index in [1.165, 1.54) is 25.3 Å². The van der Waals surface area contributed by atoms with Crippen LogP contribution < -0.4 is 10.1 Å². The highest BCUT2D eigenvalue weighted by Crippen LogP contribution is 2.29. The van der Waals surface area contributed by atoms with Gasteiger partial charge in [-0.25, -0.2) is 0 Å². The second-order valence-electron chi connectivity index (χ2n) is 6.65. The first-order chi connectivity index (χ1) is 14.0. The van der Waals surface area contributed by atoms with E-state index in [1.54, 1.807) is 0 Å². The van der Waals surface area contributed by atoms with Gasteiger partial charge >= 0.3 is 0 Å². The Morgan fingerprint density at radius 1 is 1.34 bits per heavy atom. The number of methoxy groups -OCH3 is 1. The van der Waals surface area contributed by atoms with Crippen LogP contribution in [0.2, 0.25) is 5.02 Å². The molecule has 154 valence electrons. The van der Waals surface area contributed by atoms with Gasteiger partial charge in [0.15, 0.2) is 0 Å². The van der Waals surface area contributed by atoms with E-state index < -0.39 is 4.92 Å². The molecule has 3 rings (SSSR count). The molecule has 9 heteroatoms. The highest BCUT2D eigenvalue weighted by Gasteiger charge is 2.22. The number of non-ortho nitro benzene ring substituents is 1. The summed E-state index contributed by atoms with van der Waals surface area (Å²) in [5, 5.41) is 14.3. The molecule has 1 N–H and O–H groups in total. The van der Waals surface area contributed by atoms with Crippen molar-refractivity contribution in [3.05, 3.63) is 63.2 Å². The van der Waals surface area contributed by atoms with Crippen LogP contribution >= 0.6 is 11.6 Å². The van der Waals surface area contributed by atoms with Gasteiger partial charge in [-0.3, -0.25) is 19.8 Å². The van der Waals surface area contributed by atoms with Gasteiger partial charge in [0.2, 0.25) is 5.91 Å². The fourth-order valence-electron chi connectivity index (χ4n) is 3.16. The number of nitro groups is 1. The SMILES string of the molecule is COc1ccc([N+](=O)[O-])cc1NC(=O)CCN1CCO[C@@H](c2ccc(Cl)cc2)C1. The van der Waals surface area contributed by atoms with Gasteiger partial charge in [0, 0.05) is 43.2 Å². The number of carbonyl (C=O) groups excluding carboxylic acids is 1. The number of morpholine rings is 1. The first-order valence-corrected chi connectivity index (χ1v) is 9.56. The molecule has 2 aromatic carbocycles. The fraction of sp³-hybridized carbons (Fsp3) is 0.350. The molecule has 1 atom stereocenters. The van der Waals surface area contributed by atoms with Crippen LogP contribution in [0.3, 0.4) is 0 Å². The maximum Gasteiger partial charge on any atom is 0.271 e. The Hall–Kier alpha value is -2.68. The Balaban J connectivity index is 1.56. The van der Waals surface area contributed by atoms with E-state index in [-0.39, 0.29) is 29.8 Å². The van der Waals surface area contributed by atoms with Crippen LogP contribution in [0.4, 0.5) is 11.4 Å². The van der Waals surface area contributed by atoms with Gasteiger partial charge in [0.05, 0.1) is 30.4 Å². The predicted octanol–water partition coefficient (Wildman–Crippen LogP) is 3.66. The van der Waals surface area contributed by atoms with Gasteiger partial charge in [0.25, 0.3) is 5.69 Å². The summed E-state index contributed by atoms with van der Waals surface area (Å²) in [7, 11) is 1.45. The summed E-state index contributed by atoms with van der Waals surface area (Å²) in [4.78, 5) is 25.0. The number of nitrogens with one attached hydrogen (secondary N) is 1. The molecule has 0 aromatic heterocycles. The van der Waals surface area contributed by atoms with Crippen molar-refractivity contribution in [2.75, 3.05) is 38.7 Å². The molecule has 0 spiro atoms. The highest BCUT2D eigenvalue weighted by atomic mass is 35.5. The molecule has 1 fully saturated rings. The van der Waals surface area contributed by atoms with Crippen molar-refractivity contribution < 1.29 is 19.2 Å². The van der Waals surface area contributed by atoms with Crippen LogP contribution in [0, 0.1) is 10.1 Å². The number of nitrogens with zero attached hydrogens (tertiary/aromatic N) is 2. The van der Waals surface area contributed by atoms with E-state index in [0.29, 0.717) is 30.5 Å². The molecule has 1 aliphatic rings. The van der Waals surface area contributed by atoms with Crippen molar-refractivity contribution in [3.63, 3.8) is 0 Å². The summed E-state index contributed by atoms with van der Waals surface area (Å²) in [5.74, 6) is 0.136. The molecular formula is C20H22ClN3O5. The smallest absolute Gasteiger partial charge is 0.271 e. The number of benzene rings is 2. The number of hydrogen-bond acceptors (Lipinski definition) is 6. The minimum absolute atomic E-state index is 0.0686. The normalized spacial score (nSPS) is 17.0. The van der Waals surface area contributed by atoms with Crippen molar-refractivity contribution in [2.24, 2.45) is 0 Å². The Labute approximate surface area is 173 Å². The van der Waals surface area contributed by atoms with Crippen LogP contribution in [0.25, 0.3) is 0 Å². The van der Waals surface area contributed by atoms with Crippen molar-refractivity contribution in [3.8, 4) is 5.75 Å². The zero-order valence-corrected chi connectivity index (χ0v) is 16.7. The molecule has 1 amide bonds. The van der Waals surface area contributed by atoms with Gasteiger partial charge < -0.3 is 14.8 Å². The number of amides is 1. The molecule has 1 saturated heterocycles. The molecule has 1 aliphatic heterocycles. The van der Waals surface area contributed by atoms with Crippen LogP contribution in [-0.4, -0.2) is 49.1 Å². The average molecular weight is 420 g/mol. The number of hydrogen-bond donors (Lipinski definition) is 1. The van der Waals surface area contributed by atoms with Gasteiger partial charge in [-0.15, -0.1) is 0 Å². The number of rotatable bonds is 7. The number of carbonyl (C=O) groups is 1. The monoisotopic (exact) mass is 419 g/mol. The van der Waals surface area contributed by atoms with Crippen molar-refractivity contribution in [2.45, 2.75) is 12.5 Å². The zero-order valence-electron chi connectivity index (χ0n) is 16.0. The lowest BCUT2D eigenvalue weighted by atomic mass is 10.1. The minimum Gasteiger partial charge on any atom is -0.495 e. The Bertz CT molecular complexity index is 875. The molecule has 1 heterocycles. The topological polar surface area (TPSA) is 93.9 Å². The summed E-state index contributed by atoms with van der Waals surface area (Å²) in [6.07, 6.45) is 0.181. The number of nitro benzene ring substituents is 1. The predicted molar refractivity (Wildman–Crippen MR) is 109 cm³/mol. The maximum atomic E-state index is 12.4. The van der Waals surface area contributed by atoms with Crippen molar-refractivity contribution in [1.82, 2.24) is 4.90 Å². The number of anilines is 1. The van der Waals surface area contributed by atoms with Gasteiger partial charge in [0.1, 0.15) is 5.75 Å². The fourth-order valence-corrected chi connectivity index (χ4v) is 3.29. The Morgan fingerprint density at radius 3 is 2.79 bits per heavy atom. The minimum atomic E-state index is -0.514. The van der Waals surface area contributed by atoms with Gasteiger partial charge in [-0.1, -0.05) is 23.7 Å². The quantitative estimate of drug-likeness (QED) is 0.543. The van der Waals surface area contributed by atoms with E-state index >= 15 is 0 Å². The average Bonchev–Trinajstić information content (AvgIpc) is 2.73. The van der Waals surface area contributed by atoms with E-state index in [9.17, 15) is 14.9 Å². The third-order valence-corrected chi connectivity index (χ3v) is 4.97. The summed E-state index contributed by atoms with van der Waals surface area (Å²) < 4.78 is 11.0. The Morgan fingerprint density at radius 2 is 2.10 bits per heavy atom. The molecular weight excluding hydrogens is 398 g/mol. The molecule has 0 aliphatic carbocycles. The van der Waals surface area contributed by atoms with E-state index in [0.717, 1.165) is 12.1 Å². The second kappa shape index (κ2) is 9.69. The largest absolute Gasteiger partial charge is 0.495 e. The summed E-state index contributed by atoms with van der Waals surface area (Å²) in [6.45, 7) is 2.54. The molecule has 29 heavy (non-hydrogen) atoms. The summed E-state index contributed by atoms with van der Waals surface area (Å²) >= 11 is 5.94. The van der Waals surface area contributed by atoms with E-state index in [2.05, 4.69) is 10.2 Å². The van der Waals surface area contributed by atoms with E-state index in [4.69, 9.17) is 21.1 Å². The summed E-state index contributed by atoms with van der Waals surface area (Å²) in [5.41, 5.74) is 1.22. The number of ether oxygens (including phenoxy) is 2. The first kappa shape index (κ1) is 21.0. The van der Waals surface area contributed by atoms with Crippen molar-refractivity contribution in [1.29, 1.82) is 0 Å². The molecule has 0 bridgehead atoms. The van der Waals surface area contributed by atoms with Crippen LogP contribution in [-0.2, 0) is 9.53 Å². The standard InChI is InChI=1S/C20H22ClN3O5/c1-28-18-7-6-16(24(26)27)12-17(18)22-20(25)8-9-23-10-11-29-19(13-23)14-2-4-15(21)5-3-14/h2-7,12,19H,8-11,13H2,1H3,(H,22,25)/t19-/m1/s1. The lowest BCUT2D eigenvalue weighted by Gasteiger charge is -2.33. The van der Waals surface area contributed by atoms with Gasteiger partial charge in [-0.2, -0.15) is 0 Å². The van der Waals surface area contributed by atoms with E-state index in [1.807, 2.05) is 24.3 Å². The molecule has 0 unspecified atom stereocenters. The molecule has 0 radical (unpaired) electrons. The maximum absolute atomic E-state index is 12.4. The lowest BCUT2D eigenvalue weighted by Crippen LogP contribution is -2.39. The van der Waals surface area contributed by atoms with Crippen LogP contribution in [0.15, 0.2) is 42.5 Å². The summed E-state index contributed by atoms with van der Waals surface area (Å²) in [6, 6.07) is 11.6. The second-order valence-corrected chi connectivity index (χ2v) is 7.09. The zero-order chi connectivity index (χ0) is 20.8. The molecule has 2 aromatic rings. The van der Waals surface area contributed by atoms with Crippen molar-refractivity contribution >= 4 is 28.9 Å². The van der Waals surface area contributed by atoms with Gasteiger partial charge in [-0.05, 0) is 23.8 Å². The highest BCUT2D eigenvalue weighted by molar-refractivity contribution is 6.30. The number of halogens is 1.